The molecule has 1 aromatic heterocycles. The predicted octanol–water partition coefficient (Wildman–Crippen LogP) is 1.19. The van der Waals surface area contributed by atoms with E-state index in [1.807, 2.05) is 18.7 Å². The SMILES string of the molecule is Cc1cc(SCCC2CCCC2(N)C(N)=O)n(C)n1. The number of aromatic nitrogens is 2. The molecule has 1 heterocycles. The molecular weight excluding hydrogens is 260 g/mol. The van der Waals surface area contributed by atoms with E-state index in [-0.39, 0.29) is 11.8 Å². The van der Waals surface area contributed by atoms with Crippen molar-refractivity contribution in [3.05, 3.63) is 11.8 Å². The zero-order valence-electron chi connectivity index (χ0n) is 11.6. The third-order valence-electron chi connectivity index (χ3n) is 4.01. The van der Waals surface area contributed by atoms with E-state index in [2.05, 4.69) is 11.2 Å². The van der Waals surface area contributed by atoms with E-state index >= 15 is 0 Å². The summed E-state index contributed by atoms with van der Waals surface area (Å²) in [4.78, 5) is 11.5. The Balaban J connectivity index is 1.89. The second-order valence-corrected chi connectivity index (χ2v) is 6.49. The Bertz CT molecular complexity index is 473. The molecular formula is C13H22N4OS. The first-order valence-electron chi connectivity index (χ1n) is 6.65. The van der Waals surface area contributed by atoms with E-state index in [9.17, 15) is 4.79 Å². The minimum atomic E-state index is -0.789. The average Bonchev–Trinajstić information content (AvgIpc) is 2.84. The topological polar surface area (TPSA) is 86.9 Å². The van der Waals surface area contributed by atoms with Crippen LogP contribution in [-0.2, 0) is 11.8 Å². The molecule has 106 valence electrons. The Morgan fingerprint density at radius 2 is 2.42 bits per heavy atom. The number of nitrogens with two attached hydrogens (primary N) is 2. The van der Waals surface area contributed by atoms with Crippen LogP contribution in [0, 0.1) is 12.8 Å². The Hall–Kier alpha value is -1.01. The lowest BCUT2D eigenvalue weighted by Crippen LogP contribution is -2.54. The van der Waals surface area contributed by atoms with E-state index in [1.165, 1.54) is 0 Å². The highest BCUT2D eigenvalue weighted by Gasteiger charge is 2.43. The molecule has 4 N–H and O–H groups in total. The number of amides is 1. The van der Waals surface area contributed by atoms with Crippen molar-refractivity contribution in [2.75, 3.05) is 5.75 Å². The smallest absolute Gasteiger partial charge is 0.237 e. The molecule has 2 atom stereocenters. The van der Waals surface area contributed by atoms with Gasteiger partial charge in [-0.2, -0.15) is 5.10 Å². The van der Waals surface area contributed by atoms with Gasteiger partial charge in [0.05, 0.1) is 16.3 Å². The van der Waals surface area contributed by atoms with Crippen molar-refractivity contribution in [3.63, 3.8) is 0 Å². The summed E-state index contributed by atoms with van der Waals surface area (Å²) >= 11 is 1.76. The van der Waals surface area contributed by atoms with Crippen LogP contribution in [-0.4, -0.2) is 27.0 Å². The van der Waals surface area contributed by atoms with Crippen LogP contribution in [0.2, 0.25) is 0 Å². The Morgan fingerprint density at radius 3 is 3.00 bits per heavy atom. The Labute approximate surface area is 118 Å². The first-order valence-corrected chi connectivity index (χ1v) is 7.64. The van der Waals surface area contributed by atoms with Gasteiger partial charge in [-0.15, -0.1) is 11.8 Å². The third-order valence-corrected chi connectivity index (χ3v) is 5.12. The van der Waals surface area contributed by atoms with Gasteiger partial charge in [-0.25, -0.2) is 0 Å². The van der Waals surface area contributed by atoms with E-state index in [0.29, 0.717) is 0 Å². The van der Waals surface area contributed by atoms with Crippen LogP contribution in [0.3, 0.4) is 0 Å². The number of thioether (sulfide) groups is 1. The van der Waals surface area contributed by atoms with Crippen molar-refractivity contribution in [3.8, 4) is 0 Å². The highest BCUT2D eigenvalue weighted by Crippen LogP contribution is 2.37. The number of carbonyl (C=O) groups excluding carboxylic acids is 1. The summed E-state index contributed by atoms with van der Waals surface area (Å²) in [5.74, 6) is 0.804. The molecule has 19 heavy (non-hydrogen) atoms. The van der Waals surface area contributed by atoms with Gasteiger partial charge in [-0.1, -0.05) is 6.42 Å². The minimum Gasteiger partial charge on any atom is -0.368 e. The lowest BCUT2D eigenvalue weighted by Gasteiger charge is -2.27. The Morgan fingerprint density at radius 1 is 1.68 bits per heavy atom. The number of rotatable bonds is 5. The van der Waals surface area contributed by atoms with Crippen molar-refractivity contribution >= 4 is 17.7 Å². The largest absolute Gasteiger partial charge is 0.368 e. The second-order valence-electron chi connectivity index (χ2n) is 5.38. The van der Waals surface area contributed by atoms with E-state index in [0.717, 1.165) is 42.2 Å². The summed E-state index contributed by atoms with van der Waals surface area (Å²) in [6, 6.07) is 2.07. The van der Waals surface area contributed by atoms with Crippen LogP contribution in [0.25, 0.3) is 0 Å². The van der Waals surface area contributed by atoms with Gasteiger partial charge >= 0.3 is 0 Å². The maximum Gasteiger partial charge on any atom is 0.237 e. The van der Waals surface area contributed by atoms with Crippen molar-refractivity contribution in [2.45, 2.75) is 43.2 Å². The van der Waals surface area contributed by atoms with Gasteiger partial charge in [0.15, 0.2) is 0 Å². The number of hydrogen-bond donors (Lipinski definition) is 2. The molecule has 1 saturated carbocycles. The van der Waals surface area contributed by atoms with Crippen LogP contribution in [0.5, 0.6) is 0 Å². The first kappa shape index (κ1) is 14.4. The van der Waals surface area contributed by atoms with Crippen LogP contribution in [0.4, 0.5) is 0 Å². The molecule has 1 aliphatic carbocycles. The molecule has 0 radical (unpaired) electrons. The van der Waals surface area contributed by atoms with Gasteiger partial charge in [0.25, 0.3) is 0 Å². The lowest BCUT2D eigenvalue weighted by molar-refractivity contribution is -0.124. The van der Waals surface area contributed by atoms with E-state index in [4.69, 9.17) is 11.5 Å². The molecule has 2 unspecified atom stereocenters. The van der Waals surface area contributed by atoms with E-state index < -0.39 is 5.54 Å². The van der Waals surface area contributed by atoms with Crippen molar-refractivity contribution in [1.29, 1.82) is 0 Å². The molecule has 5 nitrogen and oxygen atoms in total. The van der Waals surface area contributed by atoms with E-state index in [1.54, 1.807) is 11.8 Å². The van der Waals surface area contributed by atoms with Gasteiger partial charge in [-0.05, 0) is 43.9 Å². The van der Waals surface area contributed by atoms with Crippen LogP contribution in [0.1, 0.15) is 31.4 Å². The van der Waals surface area contributed by atoms with Gasteiger partial charge in [0.2, 0.25) is 5.91 Å². The average molecular weight is 282 g/mol. The normalized spacial score (nSPS) is 26.8. The fourth-order valence-electron chi connectivity index (χ4n) is 2.86. The molecule has 0 bridgehead atoms. The summed E-state index contributed by atoms with van der Waals surface area (Å²) in [7, 11) is 1.95. The summed E-state index contributed by atoms with van der Waals surface area (Å²) in [5, 5.41) is 5.47. The van der Waals surface area contributed by atoms with Gasteiger partial charge in [0, 0.05) is 7.05 Å². The summed E-state index contributed by atoms with van der Waals surface area (Å²) in [6.45, 7) is 1.99. The summed E-state index contributed by atoms with van der Waals surface area (Å²) in [5.41, 5.74) is 11.8. The molecule has 1 fully saturated rings. The molecule has 0 aromatic carbocycles. The predicted molar refractivity (Wildman–Crippen MR) is 76.7 cm³/mol. The van der Waals surface area contributed by atoms with Crippen molar-refractivity contribution in [2.24, 2.45) is 24.4 Å². The lowest BCUT2D eigenvalue weighted by atomic mass is 9.85. The van der Waals surface area contributed by atoms with Gasteiger partial charge < -0.3 is 11.5 Å². The quantitative estimate of drug-likeness (QED) is 0.794. The molecule has 0 aliphatic heterocycles. The molecule has 6 heteroatoms. The molecule has 0 spiro atoms. The molecule has 0 saturated heterocycles. The number of hydrogen-bond acceptors (Lipinski definition) is 4. The summed E-state index contributed by atoms with van der Waals surface area (Å²) in [6.07, 6.45) is 3.65. The number of carbonyl (C=O) groups is 1. The number of primary amides is 1. The third kappa shape index (κ3) is 2.95. The highest BCUT2D eigenvalue weighted by molar-refractivity contribution is 7.99. The van der Waals surface area contributed by atoms with Crippen molar-refractivity contribution < 1.29 is 4.79 Å². The number of nitrogens with zero attached hydrogens (tertiary/aromatic N) is 2. The van der Waals surface area contributed by atoms with Crippen LogP contribution >= 0.6 is 11.8 Å². The van der Waals surface area contributed by atoms with Crippen LogP contribution < -0.4 is 11.5 Å². The fraction of sp³-hybridized carbons (Fsp3) is 0.692. The molecule has 1 amide bonds. The number of aryl methyl sites for hydroxylation is 2. The van der Waals surface area contributed by atoms with Gasteiger partial charge in [-0.3, -0.25) is 9.48 Å². The maximum atomic E-state index is 11.5. The van der Waals surface area contributed by atoms with Crippen LogP contribution in [0.15, 0.2) is 11.1 Å². The van der Waals surface area contributed by atoms with Crippen molar-refractivity contribution in [1.82, 2.24) is 9.78 Å². The minimum absolute atomic E-state index is 0.215. The highest BCUT2D eigenvalue weighted by atomic mass is 32.2. The molecule has 1 aromatic rings. The first-order chi connectivity index (χ1) is 8.93. The standard InChI is InChI=1S/C13H22N4OS/c1-9-8-11(17(2)16-9)19-7-5-10-4-3-6-13(10,15)12(14)18/h8,10H,3-7,15H2,1-2H3,(H2,14,18). The zero-order chi connectivity index (χ0) is 14.0. The fourth-order valence-corrected chi connectivity index (χ4v) is 3.95. The second kappa shape index (κ2) is 5.54. The Kier molecular flexibility index (Phi) is 4.20. The molecule has 1 aliphatic rings. The maximum absolute atomic E-state index is 11.5. The summed E-state index contributed by atoms with van der Waals surface area (Å²) < 4.78 is 1.89. The monoisotopic (exact) mass is 282 g/mol. The zero-order valence-corrected chi connectivity index (χ0v) is 12.4. The van der Waals surface area contributed by atoms with Gasteiger partial charge in [0.1, 0.15) is 0 Å². The molecule has 2 rings (SSSR count).